The molecule has 0 saturated heterocycles. The number of rotatable bonds is 1. The van der Waals surface area contributed by atoms with Crippen LogP contribution in [-0.2, 0) is 6.54 Å². The van der Waals surface area contributed by atoms with Crippen molar-refractivity contribution >= 4 is 18.3 Å². The number of para-hydroxylation sites is 2. The number of hydrogen-bond acceptors (Lipinski definition) is 0. The van der Waals surface area contributed by atoms with E-state index in [9.17, 15) is 17.3 Å². The van der Waals surface area contributed by atoms with Crippen molar-refractivity contribution in [2.75, 3.05) is 0 Å². The van der Waals surface area contributed by atoms with Crippen molar-refractivity contribution in [1.29, 1.82) is 0 Å². The number of halogens is 4. The quantitative estimate of drug-likeness (QED) is 0.444. The molecule has 0 spiro atoms. The minimum absolute atomic E-state index is 1.02. The van der Waals surface area contributed by atoms with E-state index < -0.39 is 7.25 Å². The third-order valence-electron chi connectivity index (χ3n) is 1.93. The van der Waals surface area contributed by atoms with Crippen molar-refractivity contribution in [3.8, 4) is 0 Å². The fourth-order valence-corrected chi connectivity index (χ4v) is 1.32. The molecule has 1 aromatic carbocycles. The van der Waals surface area contributed by atoms with Crippen LogP contribution in [0.25, 0.3) is 11.0 Å². The smallest absolute Gasteiger partial charge is 0.418 e. The van der Waals surface area contributed by atoms with Gasteiger partial charge < -0.3 is 17.3 Å². The van der Waals surface area contributed by atoms with Gasteiger partial charge in [-0.1, -0.05) is 12.1 Å². The molecular formula is C9H11BF4N2. The summed E-state index contributed by atoms with van der Waals surface area (Å²) >= 11 is 0. The Morgan fingerprint density at radius 1 is 1.19 bits per heavy atom. The van der Waals surface area contributed by atoms with Crippen molar-refractivity contribution in [1.82, 2.24) is 4.98 Å². The van der Waals surface area contributed by atoms with Crippen molar-refractivity contribution in [3.63, 3.8) is 0 Å². The van der Waals surface area contributed by atoms with Crippen LogP contribution in [0.5, 0.6) is 0 Å². The minimum atomic E-state index is -6.00. The predicted octanol–water partition coefficient (Wildman–Crippen LogP) is 2.78. The summed E-state index contributed by atoms with van der Waals surface area (Å²) in [5.74, 6) is 0. The molecule has 0 aliphatic rings. The third-order valence-corrected chi connectivity index (χ3v) is 1.93. The first-order chi connectivity index (χ1) is 7.42. The standard InChI is InChI=1S/C9H10N2.BF4/c1-2-11-7-10-8-5-3-4-6-9(8)11;2-1(3,4)5/h3-7H,2H2,1H3;/q;-1/p+1. The second kappa shape index (κ2) is 5.00. The number of nitrogens with zero attached hydrogens (tertiary/aromatic N) is 1. The number of aryl methyl sites for hydroxylation is 1. The molecule has 0 unspecified atom stereocenters. The Hall–Kier alpha value is -1.53. The van der Waals surface area contributed by atoms with E-state index in [0.29, 0.717) is 0 Å². The van der Waals surface area contributed by atoms with Gasteiger partial charge in [-0.3, -0.25) is 0 Å². The number of hydrogen-bond donors (Lipinski definition) is 1. The van der Waals surface area contributed by atoms with Crippen molar-refractivity contribution in [2.24, 2.45) is 0 Å². The summed E-state index contributed by atoms with van der Waals surface area (Å²) in [7, 11) is -6.00. The van der Waals surface area contributed by atoms with E-state index >= 15 is 0 Å². The fourth-order valence-electron chi connectivity index (χ4n) is 1.32. The summed E-state index contributed by atoms with van der Waals surface area (Å²) < 4.78 is 41.2. The van der Waals surface area contributed by atoms with E-state index in [4.69, 9.17) is 0 Å². The lowest BCUT2D eigenvalue weighted by Gasteiger charge is -1.94. The summed E-state index contributed by atoms with van der Waals surface area (Å²) in [6, 6.07) is 8.30. The minimum Gasteiger partial charge on any atom is -0.418 e. The molecular weight excluding hydrogens is 223 g/mol. The SMILES string of the molecule is CC[n+]1c[nH]c2ccccc21.F[B-](F)(F)F. The van der Waals surface area contributed by atoms with Gasteiger partial charge in [-0.2, -0.15) is 0 Å². The average molecular weight is 234 g/mol. The molecule has 1 N–H and O–H groups in total. The molecule has 2 rings (SSSR count). The second-order valence-electron chi connectivity index (χ2n) is 3.07. The van der Waals surface area contributed by atoms with Gasteiger partial charge in [0.05, 0.1) is 6.54 Å². The van der Waals surface area contributed by atoms with E-state index in [1.165, 1.54) is 11.0 Å². The highest BCUT2D eigenvalue weighted by Gasteiger charge is 2.20. The van der Waals surface area contributed by atoms with Gasteiger partial charge in [0.15, 0.2) is 11.0 Å². The number of H-pyrrole nitrogens is 1. The van der Waals surface area contributed by atoms with Crippen LogP contribution in [0.2, 0.25) is 0 Å². The molecule has 0 bridgehead atoms. The van der Waals surface area contributed by atoms with Gasteiger partial charge >= 0.3 is 7.25 Å². The van der Waals surface area contributed by atoms with Crippen LogP contribution in [0.3, 0.4) is 0 Å². The molecule has 2 aromatic rings. The van der Waals surface area contributed by atoms with E-state index in [2.05, 4.69) is 34.7 Å². The Morgan fingerprint density at radius 2 is 1.75 bits per heavy atom. The van der Waals surface area contributed by atoms with Crippen LogP contribution in [0.15, 0.2) is 30.6 Å². The van der Waals surface area contributed by atoms with Crippen LogP contribution in [-0.4, -0.2) is 12.2 Å². The van der Waals surface area contributed by atoms with Crippen molar-refractivity contribution in [3.05, 3.63) is 30.6 Å². The summed E-state index contributed by atoms with van der Waals surface area (Å²) in [5.41, 5.74) is 2.48. The zero-order valence-electron chi connectivity index (χ0n) is 8.63. The molecule has 0 aliphatic heterocycles. The van der Waals surface area contributed by atoms with Crippen LogP contribution < -0.4 is 4.57 Å². The molecule has 0 radical (unpaired) electrons. The van der Waals surface area contributed by atoms with Crippen LogP contribution >= 0.6 is 0 Å². The molecule has 0 fully saturated rings. The lowest BCUT2D eigenvalue weighted by atomic mass is 10.3. The molecule has 0 amide bonds. The van der Waals surface area contributed by atoms with E-state index in [1.807, 2.05) is 12.4 Å². The van der Waals surface area contributed by atoms with Crippen LogP contribution in [0, 0.1) is 0 Å². The zero-order valence-corrected chi connectivity index (χ0v) is 8.63. The van der Waals surface area contributed by atoms with Gasteiger partial charge in [0.2, 0.25) is 6.33 Å². The summed E-state index contributed by atoms with van der Waals surface area (Å²) in [6.45, 7) is 3.16. The summed E-state index contributed by atoms with van der Waals surface area (Å²) in [6.07, 6.45) is 2.00. The highest BCUT2D eigenvalue weighted by Crippen LogP contribution is 2.06. The maximum absolute atomic E-state index is 9.75. The van der Waals surface area contributed by atoms with Gasteiger partial charge in [-0.15, -0.1) is 0 Å². The number of benzene rings is 1. The number of aromatic nitrogens is 2. The lowest BCUT2D eigenvalue weighted by molar-refractivity contribution is -0.667. The molecule has 0 atom stereocenters. The second-order valence-corrected chi connectivity index (χ2v) is 3.07. The zero-order chi connectivity index (χ0) is 12.2. The number of fused-ring (bicyclic) bond motifs is 1. The molecule has 1 heterocycles. The number of aromatic amines is 1. The monoisotopic (exact) mass is 234 g/mol. The van der Waals surface area contributed by atoms with Crippen LogP contribution in [0.4, 0.5) is 17.3 Å². The topological polar surface area (TPSA) is 19.7 Å². The lowest BCUT2D eigenvalue weighted by Crippen LogP contribution is -2.29. The largest absolute Gasteiger partial charge is 0.673 e. The Bertz CT molecular complexity index is 446. The molecule has 0 saturated carbocycles. The molecule has 16 heavy (non-hydrogen) atoms. The molecule has 7 heteroatoms. The van der Waals surface area contributed by atoms with Gasteiger partial charge in [0, 0.05) is 0 Å². The third kappa shape index (κ3) is 3.92. The van der Waals surface area contributed by atoms with Gasteiger partial charge in [0.1, 0.15) is 0 Å². The highest BCUT2D eigenvalue weighted by atomic mass is 19.5. The van der Waals surface area contributed by atoms with Crippen molar-refractivity contribution in [2.45, 2.75) is 13.5 Å². The van der Waals surface area contributed by atoms with E-state index in [0.717, 1.165) is 6.54 Å². The summed E-state index contributed by atoms with van der Waals surface area (Å²) in [5, 5.41) is 0. The predicted molar refractivity (Wildman–Crippen MR) is 54.4 cm³/mol. The normalized spacial score (nSPS) is 11.1. The maximum Gasteiger partial charge on any atom is 0.673 e. The maximum atomic E-state index is 9.75. The number of imidazole rings is 1. The molecule has 88 valence electrons. The summed E-state index contributed by atoms with van der Waals surface area (Å²) in [4.78, 5) is 3.20. The van der Waals surface area contributed by atoms with E-state index in [-0.39, 0.29) is 0 Å². The highest BCUT2D eigenvalue weighted by molar-refractivity contribution is 6.50. The fraction of sp³-hybridized carbons (Fsp3) is 0.222. The number of nitrogens with one attached hydrogen (secondary N) is 1. The first kappa shape index (κ1) is 12.5. The van der Waals surface area contributed by atoms with Crippen molar-refractivity contribution < 1.29 is 21.8 Å². The average Bonchev–Trinajstić information content (AvgIpc) is 2.58. The van der Waals surface area contributed by atoms with Crippen LogP contribution in [0.1, 0.15) is 6.92 Å². The Labute approximate surface area is 90.0 Å². The molecule has 0 aliphatic carbocycles. The van der Waals surface area contributed by atoms with E-state index in [1.54, 1.807) is 0 Å². The Balaban J connectivity index is 0.000000221. The first-order valence-electron chi connectivity index (χ1n) is 4.74. The van der Waals surface area contributed by atoms with Gasteiger partial charge in [0.25, 0.3) is 0 Å². The van der Waals surface area contributed by atoms with Gasteiger partial charge in [-0.05, 0) is 19.1 Å². The molecule has 2 nitrogen and oxygen atoms in total. The Morgan fingerprint density at radius 3 is 2.31 bits per heavy atom. The van der Waals surface area contributed by atoms with Gasteiger partial charge in [-0.25, -0.2) is 9.55 Å². The first-order valence-corrected chi connectivity index (χ1v) is 4.74. The Kier molecular flexibility index (Phi) is 3.92. The molecule has 1 aromatic heterocycles.